The van der Waals surface area contributed by atoms with Crippen molar-refractivity contribution in [2.75, 3.05) is 26.2 Å². The molecule has 0 radical (unpaired) electrons. The number of aryl methyl sites for hydroxylation is 2. The minimum absolute atomic E-state index is 0.352. The monoisotopic (exact) mass is 838 g/mol. The van der Waals surface area contributed by atoms with Gasteiger partial charge in [0, 0.05) is 33.3 Å². The molecule has 0 bridgehead atoms. The van der Waals surface area contributed by atoms with E-state index < -0.39 is 20.0 Å². The van der Waals surface area contributed by atoms with Gasteiger partial charge in [-0.1, -0.05) is 73.2 Å². The Morgan fingerprint density at radius 2 is 0.857 bits per heavy atom. The van der Waals surface area contributed by atoms with Gasteiger partial charge in [-0.2, -0.15) is 8.61 Å². The molecular formula is C32H44I2N2O4S2. The number of benzene rings is 2. The summed E-state index contributed by atoms with van der Waals surface area (Å²) in [5.74, 6) is 0. The maximum atomic E-state index is 13.5. The van der Waals surface area contributed by atoms with E-state index in [1.807, 2.05) is 38.1 Å². The number of allylic oxidation sites excluding steroid dienone is 2. The van der Waals surface area contributed by atoms with E-state index >= 15 is 0 Å². The standard InChI is InChI=1S/C32H44I2N2O4S2/c1-27-15-19-31(20-16-27)41(37,38)35-23-11-7-3-5-10-14-30(34)26-36(24-12-8-4-6-9-13-29(33)25-35)42(39,40)32-21-17-28(2)18-22-32/h13-22H,3-12,23-26H2,1-2H3/b29-13-,30-14-. The van der Waals surface area contributed by atoms with Crippen molar-refractivity contribution in [1.29, 1.82) is 0 Å². The van der Waals surface area contributed by atoms with Crippen LogP contribution in [0.1, 0.15) is 75.3 Å². The normalized spacial score (nSPS) is 21.5. The Balaban J connectivity index is 1.70. The van der Waals surface area contributed by atoms with E-state index in [0.717, 1.165) is 82.5 Å². The molecule has 0 aromatic heterocycles. The predicted octanol–water partition coefficient (Wildman–Crippen LogP) is 8.54. The van der Waals surface area contributed by atoms with Gasteiger partial charge in [0.2, 0.25) is 20.0 Å². The van der Waals surface area contributed by atoms with Crippen molar-refractivity contribution in [3.63, 3.8) is 0 Å². The van der Waals surface area contributed by atoms with Crippen LogP contribution in [0.3, 0.4) is 0 Å². The van der Waals surface area contributed by atoms with Gasteiger partial charge in [0.1, 0.15) is 0 Å². The molecule has 0 atom stereocenters. The lowest BCUT2D eigenvalue weighted by Gasteiger charge is -2.23. The van der Waals surface area contributed by atoms with Gasteiger partial charge in [-0.3, -0.25) is 0 Å². The molecular weight excluding hydrogens is 794 g/mol. The summed E-state index contributed by atoms with van der Waals surface area (Å²) in [7, 11) is -7.15. The van der Waals surface area contributed by atoms with Crippen LogP contribution in [-0.2, 0) is 20.0 Å². The average molecular weight is 839 g/mol. The first-order valence-electron chi connectivity index (χ1n) is 14.8. The maximum Gasteiger partial charge on any atom is 0.243 e. The van der Waals surface area contributed by atoms with Gasteiger partial charge in [0.15, 0.2) is 0 Å². The van der Waals surface area contributed by atoms with E-state index in [9.17, 15) is 16.8 Å². The summed E-state index contributed by atoms with van der Waals surface area (Å²) in [5.41, 5.74) is 2.08. The predicted molar refractivity (Wildman–Crippen MR) is 190 cm³/mol. The van der Waals surface area contributed by atoms with Crippen LogP contribution in [0.5, 0.6) is 0 Å². The van der Waals surface area contributed by atoms with Crippen molar-refractivity contribution >= 4 is 65.2 Å². The van der Waals surface area contributed by atoms with Gasteiger partial charge in [-0.15, -0.1) is 0 Å². The fourth-order valence-electron chi connectivity index (χ4n) is 4.84. The summed E-state index contributed by atoms with van der Waals surface area (Å²) in [6, 6.07) is 14.2. The van der Waals surface area contributed by atoms with Gasteiger partial charge < -0.3 is 0 Å². The molecule has 2 aromatic carbocycles. The zero-order valence-corrected chi connectivity index (χ0v) is 30.7. The first-order valence-corrected chi connectivity index (χ1v) is 19.9. The molecule has 10 heteroatoms. The van der Waals surface area contributed by atoms with Crippen LogP contribution in [-0.4, -0.2) is 51.6 Å². The number of hydrogen-bond acceptors (Lipinski definition) is 4. The second-order valence-corrected chi connectivity index (χ2v) is 17.7. The van der Waals surface area contributed by atoms with Crippen LogP contribution in [0.15, 0.2) is 77.6 Å². The molecule has 0 spiro atoms. The third kappa shape index (κ3) is 11.3. The molecule has 232 valence electrons. The van der Waals surface area contributed by atoms with Crippen molar-refractivity contribution in [1.82, 2.24) is 8.61 Å². The molecule has 0 aliphatic carbocycles. The molecule has 3 rings (SSSR count). The Hall–Kier alpha value is -0.800. The van der Waals surface area contributed by atoms with Gasteiger partial charge in [0.05, 0.1) is 9.79 Å². The van der Waals surface area contributed by atoms with E-state index in [1.54, 1.807) is 32.9 Å². The van der Waals surface area contributed by atoms with E-state index in [2.05, 4.69) is 57.3 Å². The SMILES string of the molecule is Cc1ccc(S(=O)(=O)N2CCCCCC/C=C(\I)CN(S(=O)(=O)c3ccc(C)cc3)CCCCCC/C=C(\I)C2)cc1. The fraction of sp³-hybridized carbons (Fsp3) is 0.500. The molecule has 1 aliphatic heterocycles. The van der Waals surface area contributed by atoms with Crippen LogP contribution >= 0.6 is 45.2 Å². The largest absolute Gasteiger partial charge is 0.243 e. The Morgan fingerprint density at radius 1 is 0.524 bits per heavy atom. The Kier molecular flexibility index (Phi) is 15.0. The second kappa shape index (κ2) is 17.6. The quantitative estimate of drug-likeness (QED) is 0.290. The molecule has 0 fully saturated rings. The van der Waals surface area contributed by atoms with Gasteiger partial charge >= 0.3 is 0 Å². The van der Waals surface area contributed by atoms with Crippen molar-refractivity contribution in [2.24, 2.45) is 0 Å². The van der Waals surface area contributed by atoms with E-state index in [4.69, 9.17) is 0 Å². The van der Waals surface area contributed by atoms with Gasteiger partial charge in [-0.05, 0) is 122 Å². The Labute approximate surface area is 281 Å². The van der Waals surface area contributed by atoms with E-state index in [0.29, 0.717) is 36.0 Å². The highest BCUT2D eigenvalue weighted by molar-refractivity contribution is 14.1. The van der Waals surface area contributed by atoms with Crippen LogP contribution in [0, 0.1) is 13.8 Å². The number of nitrogens with zero attached hydrogens (tertiary/aromatic N) is 2. The van der Waals surface area contributed by atoms with Crippen molar-refractivity contribution in [3.05, 3.63) is 79.0 Å². The van der Waals surface area contributed by atoms with E-state index in [1.165, 1.54) is 0 Å². The maximum absolute atomic E-state index is 13.5. The summed E-state index contributed by atoms with van der Waals surface area (Å²) in [4.78, 5) is 0.704. The molecule has 6 nitrogen and oxygen atoms in total. The summed E-state index contributed by atoms with van der Waals surface area (Å²) in [6.07, 6.45) is 13.5. The first kappa shape index (κ1) is 35.7. The van der Waals surface area contributed by atoms with Crippen LogP contribution in [0.25, 0.3) is 0 Å². The highest BCUT2D eigenvalue weighted by Gasteiger charge is 2.26. The lowest BCUT2D eigenvalue weighted by molar-refractivity contribution is 0.422. The molecule has 0 unspecified atom stereocenters. The lowest BCUT2D eigenvalue weighted by Crippen LogP contribution is -2.33. The topological polar surface area (TPSA) is 74.8 Å². The molecule has 0 saturated carbocycles. The van der Waals surface area contributed by atoms with Crippen molar-refractivity contribution in [3.8, 4) is 0 Å². The van der Waals surface area contributed by atoms with Crippen molar-refractivity contribution < 1.29 is 16.8 Å². The number of halogens is 2. The molecule has 0 amide bonds. The molecule has 1 aliphatic rings. The fourth-order valence-corrected chi connectivity index (χ4v) is 9.67. The smallest absolute Gasteiger partial charge is 0.207 e. The lowest BCUT2D eigenvalue weighted by atomic mass is 10.1. The molecule has 0 saturated heterocycles. The highest BCUT2D eigenvalue weighted by Crippen LogP contribution is 2.24. The summed E-state index contributed by atoms with van der Waals surface area (Å²) in [5, 5.41) is 0. The Morgan fingerprint density at radius 3 is 1.21 bits per heavy atom. The third-order valence-electron chi connectivity index (χ3n) is 7.43. The summed E-state index contributed by atoms with van der Waals surface area (Å²) in [6.45, 7) is 5.70. The highest BCUT2D eigenvalue weighted by atomic mass is 127. The molecule has 1 heterocycles. The zero-order valence-electron chi connectivity index (χ0n) is 24.8. The molecule has 0 N–H and O–H groups in total. The van der Waals surface area contributed by atoms with Crippen LogP contribution < -0.4 is 0 Å². The van der Waals surface area contributed by atoms with Gasteiger partial charge in [-0.25, -0.2) is 16.8 Å². The van der Waals surface area contributed by atoms with E-state index in [-0.39, 0.29) is 0 Å². The average Bonchev–Trinajstić information content (AvgIpc) is 2.94. The molecule has 2 aromatic rings. The minimum Gasteiger partial charge on any atom is -0.207 e. The zero-order chi connectivity index (χ0) is 30.6. The Bertz CT molecular complexity index is 1300. The van der Waals surface area contributed by atoms with Crippen LogP contribution in [0.4, 0.5) is 0 Å². The molecule has 42 heavy (non-hydrogen) atoms. The first-order chi connectivity index (χ1) is 20.0. The second-order valence-electron chi connectivity index (χ2n) is 11.0. The van der Waals surface area contributed by atoms with Crippen LogP contribution in [0.2, 0.25) is 0 Å². The summed E-state index contributed by atoms with van der Waals surface area (Å²) >= 11 is 4.56. The third-order valence-corrected chi connectivity index (χ3v) is 12.7. The number of sulfonamides is 2. The van der Waals surface area contributed by atoms with Crippen molar-refractivity contribution in [2.45, 2.75) is 87.8 Å². The number of rotatable bonds is 4. The summed E-state index contributed by atoms with van der Waals surface area (Å²) < 4.78 is 59.4. The number of hydrogen-bond donors (Lipinski definition) is 0. The minimum atomic E-state index is -3.57. The van der Waals surface area contributed by atoms with Gasteiger partial charge in [0.25, 0.3) is 0 Å².